The highest BCUT2D eigenvalue weighted by atomic mass is 16.5. The Bertz CT molecular complexity index is 450. The lowest BCUT2D eigenvalue weighted by atomic mass is 10.1. The molecule has 19 heavy (non-hydrogen) atoms. The fraction of sp³-hybridized carbons (Fsp3) is 0.538. The van der Waals surface area contributed by atoms with Gasteiger partial charge in [0.05, 0.1) is 6.10 Å². The first-order valence-electron chi connectivity index (χ1n) is 6.48. The zero-order valence-electron chi connectivity index (χ0n) is 11.3. The van der Waals surface area contributed by atoms with E-state index in [1.54, 1.807) is 6.20 Å². The molecule has 1 aromatic heterocycles. The van der Waals surface area contributed by atoms with E-state index in [0.717, 1.165) is 6.54 Å². The maximum atomic E-state index is 11.5. The van der Waals surface area contributed by atoms with E-state index in [4.69, 9.17) is 10.5 Å². The Morgan fingerprint density at radius 3 is 3.11 bits per heavy atom. The molecule has 3 N–H and O–H groups in total. The molecule has 1 unspecified atom stereocenters. The number of aromatic nitrogens is 1. The van der Waals surface area contributed by atoms with Gasteiger partial charge in [0, 0.05) is 25.8 Å². The minimum absolute atomic E-state index is 0.0536. The average Bonchev–Trinajstić information content (AvgIpc) is 2.38. The van der Waals surface area contributed by atoms with E-state index >= 15 is 0 Å². The number of nitrogens with zero attached hydrogens (tertiary/aromatic N) is 2. The predicted molar refractivity (Wildman–Crippen MR) is 73.2 cm³/mol. The first-order chi connectivity index (χ1) is 9.09. The Morgan fingerprint density at radius 2 is 2.42 bits per heavy atom. The second-order valence-corrected chi connectivity index (χ2v) is 4.81. The molecule has 2 heterocycles. The molecule has 6 heteroatoms. The summed E-state index contributed by atoms with van der Waals surface area (Å²) in [7, 11) is 0. The quantitative estimate of drug-likeness (QED) is 0.808. The van der Waals surface area contributed by atoms with Gasteiger partial charge in [0.1, 0.15) is 6.04 Å². The molecule has 1 aliphatic heterocycles. The molecule has 1 aromatic rings. The highest BCUT2D eigenvalue weighted by Gasteiger charge is 2.29. The molecular weight excluding hydrogens is 244 g/mol. The van der Waals surface area contributed by atoms with Crippen molar-refractivity contribution in [1.29, 1.82) is 0 Å². The number of primary amides is 1. The van der Waals surface area contributed by atoms with E-state index in [1.807, 2.05) is 30.9 Å². The van der Waals surface area contributed by atoms with Gasteiger partial charge in [0.15, 0.2) is 11.6 Å². The van der Waals surface area contributed by atoms with Gasteiger partial charge in [-0.2, -0.15) is 0 Å². The van der Waals surface area contributed by atoms with Gasteiger partial charge in [-0.25, -0.2) is 4.98 Å². The monoisotopic (exact) mass is 264 g/mol. The van der Waals surface area contributed by atoms with Crippen LogP contribution >= 0.6 is 0 Å². The first kappa shape index (κ1) is 13.6. The minimum Gasteiger partial charge on any atom is -0.487 e. The number of nitrogens with two attached hydrogens (primary N) is 1. The summed E-state index contributed by atoms with van der Waals surface area (Å²) in [5.41, 5.74) is 5.46. The van der Waals surface area contributed by atoms with Crippen LogP contribution in [0.25, 0.3) is 0 Å². The summed E-state index contributed by atoms with van der Waals surface area (Å²) in [6, 6.07) is 3.30. The molecule has 1 atom stereocenters. The number of hydrogen-bond donors (Lipinski definition) is 2. The summed E-state index contributed by atoms with van der Waals surface area (Å²) in [4.78, 5) is 17.8. The van der Waals surface area contributed by atoms with Crippen LogP contribution in [-0.2, 0) is 4.79 Å². The van der Waals surface area contributed by atoms with Crippen LogP contribution in [0.3, 0.4) is 0 Å². The number of rotatable bonds is 4. The molecule has 1 saturated heterocycles. The zero-order chi connectivity index (χ0) is 13.8. The predicted octanol–water partition coefficient (Wildman–Crippen LogP) is 0.132. The summed E-state index contributed by atoms with van der Waals surface area (Å²) >= 11 is 0. The highest BCUT2D eigenvalue weighted by molar-refractivity contribution is 5.84. The van der Waals surface area contributed by atoms with Crippen LogP contribution in [0.1, 0.15) is 13.8 Å². The third-order valence-electron chi connectivity index (χ3n) is 2.96. The van der Waals surface area contributed by atoms with Gasteiger partial charge in [-0.1, -0.05) is 0 Å². The van der Waals surface area contributed by atoms with Crippen LogP contribution in [0.5, 0.6) is 5.75 Å². The molecule has 0 radical (unpaired) electrons. The number of carbonyl (C=O) groups excluding carboxylic acids is 1. The molecule has 0 bridgehead atoms. The van der Waals surface area contributed by atoms with Crippen molar-refractivity contribution in [1.82, 2.24) is 10.3 Å². The lowest BCUT2D eigenvalue weighted by Crippen LogP contribution is -2.57. The SMILES string of the molecule is CC(C)Oc1cccnc1N1CCNCC1C(N)=O. The van der Waals surface area contributed by atoms with E-state index in [0.29, 0.717) is 24.7 Å². The number of piperazine rings is 1. The third kappa shape index (κ3) is 3.14. The van der Waals surface area contributed by atoms with E-state index in [1.165, 1.54) is 0 Å². The lowest BCUT2D eigenvalue weighted by Gasteiger charge is -2.35. The number of ether oxygens (including phenoxy) is 1. The van der Waals surface area contributed by atoms with Crippen molar-refractivity contribution in [2.24, 2.45) is 5.73 Å². The van der Waals surface area contributed by atoms with Crippen LogP contribution in [0, 0.1) is 0 Å². The van der Waals surface area contributed by atoms with Gasteiger partial charge in [-0.05, 0) is 26.0 Å². The molecule has 6 nitrogen and oxygen atoms in total. The van der Waals surface area contributed by atoms with E-state index in [2.05, 4.69) is 10.3 Å². The number of amides is 1. The molecule has 2 rings (SSSR count). The molecule has 0 aromatic carbocycles. The Kier molecular flexibility index (Phi) is 4.21. The molecule has 1 fully saturated rings. The fourth-order valence-corrected chi connectivity index (χ4v) is 2.16. The molecule has 0 spiro atoms. The van der Waals surface area contributed by atoms with Gasteiger partial charge in [-0.3, -0.25) is 4.79 Å². The van der Waals surface area contributed by atoms with Crippen molar-refractivity contribution in [3.05, 3.63) is 18.3 Å². The maximum Gasteiger partial charge on any atom is 0.241 e. The number of carbonyl (C=O) groups is 1. The molecule has 0 aliphatic carbocycles. The number of nitrogens with one attached hydrogen (secondary N) is 1. The minimum atomic E-state index is -0.391. The summed E-state index contributed by atoms with van der Waals surface area (Å²) in [5.74, 6) is 1.01. The normalized spacial score (nSPS) is 19.5. The van der Waals surface area contributed by atoms with Gasteiger partial charge in [0.25, 0.3) is 0 Å². The van der Waals surface area contributed by atoms with E-state index < -0.39 is 6.04 Å². The molecular formula is C13H20N4O2. The average molecular weight is 264 g/mol. The van der Waals surface area contributed by atoms with Gasteiger partial charge >= 0.3 is 0 Å². The Hall–Kier alpha value is -1.82. The fourth-order valence-electron chi connectivity index (χ4n) is 2.16. The van der Waals surface area contributed by atoms with Crippen LogP contribution < -0.4 is 20.7 Å². The molecule has 104 valence electrons. The summed E-state index contributed by atoms with van der Waals surface area (Å²) in [6.07, 6.45) is 1.75. The van der Waals surface area contributed by atoms with Crippen molar-refractivity contribution in [3.63, 3.8) is 0 Å². The summed E-state index contributed by atoms with van der Waals surface area (Å²) in [5, 5.41) is 3.17. The van der Waals surface area contributed by atoms with Gasteiger partial charge < -0.3 is 20.7 Å². The third-order valence-corrected chi connectivity index (χ3v) is 2.96. The molecule has 1 aliphatic rings. The zero-order valence-corrected chi connectivity index (χ0v) is 11.3. The standard InChI is InChI=1S/C13H20N4O2/c1-9(2)19-11-4-3-5-16-13(11)17-7-6-15-8-10(17)12(14)18/h3-5,9-10,15H,6-8H2,1-2H3,(H2,14,18). The van der Waals surface area contributed by atoms with Crippen LogP contribution in [0.2, 0.25) is 0 Å². The second-order valence-electron chi connectivity index (χ2n) is 4.81. The number of anilines is 1. The number of hydrogen-bond acceptors (Lipinski definition) is 5. The highest BCUT2D eigenvalue weighted by Crippen LogP contribution is 2.28. The summed E-state index contributed by atoms with van der Waals surface area (Å²) in [6.45, 7) is 5.92. The lowest BCUT2D eigenvalue weighted by molar-refractivity contribution is -0.119. The van der Waals surface area contributed by atoms with Crippen LogP contribution in [-0.4, -0.2) is 42.7 Å². The first-order valence-corrected chi connectivity index (χ1v) is 6.48. The van der Waals surface area contributed by atoms with E-state index in [9.17, 15) is 4.79 Å². The smallest absolute Gasteiger partial charge is 0.241 e. The van der Waals surface area contributed by atoms with Crippen molar-refractivity contribution >= 4 is 11.7 Å². The molecule has 0 saturated carbocycles. The largest absolute Gasteiger partial charge is 0.487 e. The van der Waals surface area contributed by atoms with Crippen LogP contribution in [0.4, 0.5) is 5.82 Å². The second kappa shape index (κ2) is 5.88. The maximum absolute atomic E-state index is 11.5. The summed E-state index contributed by atoms with van der Waals surface area (Å²) < 4.78 is 5.75. The van der Waals surface area contributed by atoms with Crippen molar-refractivity contribution in [2.75, 3.05) is 24.5 Å². The van der Waals surface area contributed by atoms with Crippen molar-refractivity contribution in [3.8, 4) is 5.75 Å². The van der Waals surface area contributed by atoms with Gasteiger partial charge in [0.2, 0.25) is 5.91 Å². The van der Waals surface area contributed by atoms with Crippen molar-refractivity contribution in [2.45, 2.75) is 26.0 Å². The van der Waals surface area contributed by atoms with Crippen molar-refractivity contribution < 1.29 is 9.53 Å². The molecule has 1 amide bonds. The number of pyridine rings is 1. The van der Waals surface area contributed by atoms with Crippen LogP contribution in [0.15, 0.2) is 18.3 Å². The Balaban J connectivity index is 2.30. The topological polar surface area (TPSA) is 80.5 Å². The Morgan fingerprint density at radius 1 is 1.63 bits per heavy atom. The van der Waals surface area contributed by atoms with Gasteiger partial charge in [-0.15, -0.1) is 0 Å². The Labute approximate surface area is 112 Å². The van der Waals surface area contributed by atoms with E-state index in [-0.39, 0.29) is 12.0 Å².